The van der Waals surface area contributed by atoms with E-state index in [0.29, 0.717) is 16.5 Å². The van der Waals surface area contributed by atoms with Crippen molar-refractivity contribution in [3.8, 4) is 11.1 Å². The van der Waals surface area contributed by atoms with E-state index in [1.807, 2.05) is 68.9 Å². The Morgan fingerprint density at radius 3 is 2.52 bits per heavy atom. The van der Waals surface area contributed by atoms with Crippen molar-refractivity contribution in [3.63, 3.8) is 0 Å². The molecule has 0 radical (unpaired) electrons. The Bertz CT molecular complexity index is 1100. The summed E-state index contributed by atoms with van der Waals surface area (Å²) in [7, 11) is 4.06. The van der Waals surface area contributed by atoms with Crippen LogP contribution in [0.15, 0.2) is 53.9 Å². The number of anilines is 1. The summed E-state index contributed by atoms with van der Waals surface area (Å²) in [6, 6.07) is 15.9. The Kier molecular flexibility index (Phi) is 6.20. The lowest BCUT2D eigenvalue weighted by Crippen LogP contribution is -2.25. The highest BCUT2D eigenvalue weighted by Crippen LogP contribution is 2.33. The minimum Gasteiger partial charge on any atom is -0.349 e. The number of nitrogens with zero attached hydrogens (tertiary/aromatic N) is 1. The second-order valence-corrected chi connectivity index (χ2v) is 9.27. The molecule has 0 bridgehead atoms. The second kappa shape index (κ2) is 9.04. The third-order valence-corrected chi connectivity index (χ3v) is 6.15. The maximum Gasteiger partial charge on any atom is 0.265 e. The van der Waals surface area contributed by atoms with Gasteiger partial charge in [0.15, 0.2) is 0 Å². The summed E-state index contributed by atoms with van der Waals surface area (Å²) < 4.78 is 0. The molecule has 0 atom stereocenters. The van der Waals surface area contributed by atoms with Crippen molar-refractivity contribution in [1.29, 1.82) is 0 Å². The summed E-state index contributed by atoms with van der Waals surface area (Å²) in [6.45, 7) is 2.81. The molecule has 1 aliphatic carbocycles. The summed E-state index contributed by atoms with van der Waals surface area (Å²) in [5.74, 6) is -0.172. The van der Waals surface area contributed by atoms with Gasteiger partial charge in [0.2, 0.25) is 0 Å². The molecule has 6 heteroatoms. The highest BCUT2D eigenvalue weighted by Gasteiger charge is 2.24. The van der Waals surface area contributed by atoms with Crippen LogP contribution in [0.3, 0.4) is 0 Å². The van der Waals surface area contributed by atoms with E-state index in [1.165, 1.54) is 11.3 Å². The number of thiophene rings is 1. The average molecular weight is 434 g/mol. The SMILES string of the molecule is Cc1ccc(C(=O)NC2CC2)cc1-c1cc(CN(C)C)ccc1NC(=O)c1cccs1. The first-order valence-corrected chi connectivity index (χ1v) is 11.3. The molecule has 0 saturated heterocycles. The molecule has 2 aromatic carbocycles. The van der Waals surface area contributed by atoms with Crippen molar-refractivity contribution >= 4 is 28.8 Å². The van der Waals surface area contributed by atoms with Crippen LogP contribution in [-0.4, -0.2) is 36.9 Å². The smallest absolute Gasteiger partial charge is 0.265 e. The molecule has 1 saturated carbocycles. The van der Waals surface area contributed by atoms with Crippen LogP contribution in [0.4, 0.5) is 5.69 Å². The molecule has 3 aromatic rings. The molecule has 2 amide bonds. The predicted octanol–water partition coefficient (Wildman–Crippen LogP) is 4.93. The fraction of sp³-hybridized carbons (Fsp3) is 0.280. The number of rotatable bonds is 7. The Balaban J connectivity index is 1.73. The first kappa shape index (κ1) is 21.3. The van der Waals surface area contributed by atoms with Gasteiger partial charge < -0.3 is 15.5 Å². The minimum atomic E-state index is -0.128. The van der Waals surface area contributed by atoms with Gasteiger partial charge in [0.25, 0.3) is 11.8 Å². The van der Waals surface area contributed by atoms with Crippen molar-refractivity contribution < 1.29 is 9.59 Å². The number of nitrogens with one attached hydrogen (secondary N) is 2. The van der Waals surface area contributed by atoms with Crippen LogP contribution >= 0.6 is 11.3 Å². The van der Waals surface area contributed by atoms with Crippen LogP contribution in [0, 0.1) is 6.92 Å². The van der Waals surface area contributed by atoms with Crippen LogP contribution in [-0.2, 0) is 6.54 Å². The summed E-state index contributed by atoms with van der Waals surface area (Å²) >= 11 is 1.41. The Hall–Kier alpha value is -2.96. The molecule has 1 aromatic heterocycles. The Labute approximate surface area is 187 Å². The van der Waals surface area contributed by atoms with Gasteiger partial charge in [0.1, 0.15) is 0 Å². The molecule has 160 valence electrons. The number of aryl methyl sites for hydroxylation is 1. The van der Waals surface area contributed by atoms with E-state index in [9.17, 15) is 9.59 Å². The lowest BCUT2D eigenvalue weighted by molar-refractivity contribution is 0.0950. The van der Waals surface area contributed by atoms with Gasteiger partial charge in [-0.15, -0.1) is 11.3 Å². The molecule has 1 heterocycles. The van der Waals surface area contributed by atoms with E-state index in [-0.39, 0.29) is 11.8 Å². The zero-order valence-corrected chi connectivity index (χ0v) is 18.9. The molecule has 4 rings (SSSR count). The number of amides is 2. The lowest BCUT2D eigenvalue weighted by Gasteiger charge is -2.17. The quantitative estimate of drug-likeness (QED) is 0.555. The van der Waals surface area contributed by atoms with E-state index in [0.717, 1.165) is 47.3 Å². The molecule has 0 unspecified atom stereocenters. The monoisotopic (exact) mass is 433 g/mol. The van der Waals surface area contributed by atoms with Crippen LogP contribution in [0.1, 0.15) is 44.0 Å². The maximum atomic E-state index is 12.7. The van der Waals surface area contributed by atoms with E-state index in [2.05, 4.69) is 21.6 Å². The zero-order valence-electron chi connectivity index (χ0n) is 18.1. The highest BCUT2D eigenvalue weighted by molar-refractivity contribution is 7.12. The van der Waals surface area contributed by atoms with Crippen LogP contribution in [0.25, 0.3) is 11.1 Å². The van der Waals surface area contributed by atoms with Crippen LogP contribution in [0.5, 0.6) is 0 Å². The molecule has 0 aliphatic heterocycles. The minimum absolute atomic E-state index is 0.0441. The van der Waals surface area contributed by atoms with Gasteiger partial charge >= 0.3 is 0 Å². The van der Waals surface area contributed by atoms with Crippen molar-refractivity contribution in [3.05, 3.63) is 75.5 Å². The van der Waals surface area contributed by atoms with Crippen LogP contribution in [0.2, 0.25) is 0 Å². The van der Waals surface area contributed by atoms with Crippen molar-refractivity contribution in [1.82, 2.24) is 10.2 Å². The number of carbonyl (C=O) groups excluding carboxylic acids is 2. The zero-order chi connectivity index (χ0) is 22.0. The lowest BCUT2D eigenvalue weighted by atomic mass is 9.94. The van der Waals surface area contributed by atoms with Crippen molar-refractivity contribution in [2.75, 3.05) is 19.4 Å². The summed E-state index contributed by atoms with van der Waals surface area (Å²) in [5.41, 5.74) is 5.44. The molecule has 2 N–H and O–H groups in total. The largest absolute Gasteiger partial charge is 0.349 e. The molecular formula is C25H27N3O2S. The maximum absolute atomic E-state index is 12.7. The molecule has 5 nitrogen and oxygen atoms in total. The third-order valence-electron chi connectivity index (χ3n) is 5.28. The van der Waals surface area contributed by atoms with Crippen molar-refractivity contribution in [2.45, 2.75) is 32.4 Å². The molecule has 1 fully saturated rings. The van der Waals surface area contributed by atoms with E-state index >= 15 is 0 Å². The van der Waals surface area contributed by atoms with Gasteiger partial charge in [-0.2, -0.15) is 0 Å². The molecule has 1 aliphatic rings. The normalized spacial score (nSPS) is 13.3. The van der Waals surface area contributed by atoms with E-state index in [4.69, 9.17) is 0 Å². The molecule has 31 heavy (non-hydrogen) atoms. The second-order valence-electron chi connectivity index (χ2n) is 8.33. The Morgan fingerprint density at radius 2 is 1.84 bits per heavy atom. The van der Waals surface area contributed by atoms with Gasteiger partial charge in [-0.3, -0.25) is 9.59 Å². The highest BCUT2D eigenvalue weighted by atomic mass is 32.1. The molecular weight excluding hydrogens is 406 g/mol. The number of carbonyl (C=O) groups is 2. The van der Waals surface area contributed by atoms with Gasteiger partial charge in [0, 0.05) is 29.4 Å². The van der Waals surface area contributed by atoms with E-state index < -0.39 is 0 Å². The third kappa shape index (κ3) is 5.21. The fourth-order valence-electron chi connectivity index (χ4n) is 3.53. The number of hydrogen-bond acceptors (Lipinski definition) is 4. The number of benzene rings is 2. The van der Waals surface area contributed by atoms with Gasteiger partial charge in [-0.25, -0.2) is 0 Å². The summed E-state index contributed by atoms with van der Waals surface area (Å²) in [4.78, 5) is 28.1. The fourth-order valence-corrected chi connectivity index (χ4v) is 4.15. The summed E-state index contributed by atoms with van der Waals surface area (Å²) in [5, 5.41) is 8.02. The topological polar surface area (TPSA) is 61.4 Å². The van der Waals surface area contributed by atoms with E-state index in [1.54, 1.807) is 0 Å². The standard InChI is InChI=1S/C25H27N3O2S/c1-16-6-8-18(24(29)26-19-9-10-19)14-20(16)21-13-17(15-28(2)3)7-11-22(21)27-25(30)23-5-4-12-31-23/h4-8,11-14,19H,9-10,15H2,1-3H3,(H,26,29)(H,27,30). The predicted molar refractivity (Wildman–Crippen MR) is 127 cm³/mol. The first-order valence-electron chi connectivity index (χ1n) is 10.4. The van der Waals surface area contributed by atoms with Gasteiger partial charge in [-0.05, 0) is 86.3 Å². The van der Waals surface area contributed by atoms with Crippen molar-refractivity contribution in [2.24, 2.45) is 0 Å². The number of hydrogen-bond donors (Lipinski definition) is 2. The molecule has 0 spiro atoms. The Morgan fingerprint density at radius 1 is 1.03 bits per heavy atom. The average Bonchev–Trinajstić information content (AvgIpc) is 3.37. The van der Waals surface area contributed by atoms with Gasteiger partial charge in [-0.1, -0.05) is 18.2 Å². The van der Waals surface area contributed by atoms with Crippen LogP contribution < -0.4 is 10.6 Å². The summed E-state index contributed by atoms with van der Waals surface area (Å²) in [6.07, 6.45) is 2.10. The first-order chi connectivity index (χ1) is 14.9. The van der Waals surface area contributed by atoms with Gasteiger partial charge in [0.05, 0.1) is 4.88 Å².